The predicted octanol–water partition coefficient (Wildman–Crippen LogP) is 2.55. The van der Waals surface area contributed by atoms with E-state index < -0.39 is 0 Å². The summed E-state index contributed by atoms with van der Waals surface area (Å²) in [5, 5.41) is 6.33. The standard InChI is InChI=1S/C16H24N2O2/c1-2-20-12-14-5-3-4-6-15(14)18-16(19)8-7-13-9-10-17-11-13/h3-6,13,17H,2,7-12H2,1H3,(H,18,19). The molecule has 1 unspecified atom stereocenters. The average molecular weight is 276 g/mol. The second kappa shape index (κ2) is 8.02. The summed E-state index contributed by atoms with van der Waals surface area (Å²) in [5.74, 6) is 0.750. The Kier molecular flexibility index (Phi) is 6.02. The minimum Gasteiger partial charge on any atom is -0.377 e. The minimum atomic E-state index is 0.0980. The van der Waals surface area contributed by atoms with Crippen LogP contribution in [0.15, 0.2) is 24.3 Å². The summed E-state index contributed by atoms with van der Waals surface area (Å²) < 4.78 is 5.42. The maximum atomic E-state index is 12.0. The monoisotopic (exact) mass is 276 g/mol. The van der Waals surface area contributed by atoms with Gasteiger partial charge in [0.05, 0.1) is 6.61 Å². The van der Waals surface area contributed by atoms with Crippen molar-refractivity contribution in [2.75, 3.05) is 25.0 Å². The van der Waals surface area contributed by atoms with Gasteiger partial charge >= 0.3 is 0 Å². The Bertz CT molecular complexity index is 428. The number of amides is 1. The van der Waals surface area contributed by atoms with Gasteiger partial charge < -0.3 is 15.4 Å². The minimum absolute atomic E-state index is 0.0980. The van der Waals surface area contributed by atoms with E-state index >= 15 is 0 Å². The molecule has 4 nitrogen and oxygen atoms in total. The van der Waals surface area contributed by atoms with Gasteiger partial charge in [0.25, 0.3) is 0 Å². The van der Waals surface area contributed by atoms with Crippen molar-refractivity contribution in [1.29, 1.82) is 0 Å². The molecule has 2 rings (SSSR count). The highest BCUT2D eigenvalue weighted by Gasteiger charge is 2.16. The number of benzene rings is 1. The number of hydrogen-bond donors (Lipinski definition) is 2. The van der Waals surface area contributed by atoms with E-state index in [-0.39, 0.29) is 5.91 Å². The Hall–Kier alpha value is -1.39. The van der Waals surface area contributed by atoms with Crippen LogP contribution in [-0.4, -0.2) is 25.6 Å². The van der Waals surface area contributed by atoms with Gasteiger partial charge in [-0.1, -0.05) is 18.2 Å². The van der Waals surface area contributed by atoms with Crippen molar-refractivity contribution in [3.63, 3.8) is 0 Å². The van der Waals surface area contributed by atoms with Gasteiger partial charge in [-0.05, 0) is 44.8 Å². The molecule has 2 N–H and O–H groups in total. The molecule has 1 aliphatic heterocycles. The van der Waals surface area contributed by atoms with Crippen LogP contribution in [0.1, 0.15) is 31.7 Å². The van der Waals surface area contributed by atoms with Gasteiger partial charge in [-0.15, -0.1) is 0 Å². The lowest BCUT2D eigenvalue weighted by Crippen LogP contribution is -2.16. The van der Waals surface area contributed by atoms with Gasteiger partial charge in [-0.25, -0.2) is 0 Å². The van der Waals surface area contributed by atoms with Crippen LogP contribution in [0.25, 0.3) is 0 Å². The molecule has 1 atom stereocenters. The molecule has 1 amide bonds. The van der Waals surface area contributed by atoms with Gasteiger partial charge in [0.1, 0.15) is 0 Å². The van der Waals surface area contributed by atoms with Crippen LogP contribution in [0, 0.1) is 5.92 Å². The van der Waals surface area contributed by atoms with Crippen molar-refractivity contribution >= 4 is 11.6 Å². The van der Waals surface area contributed by atoms with Crippen molar-refractivity contribution < 1.29 is 9.53 Å². The molecular weight excluding hydrogens is 252 g/mol. The molecule has 110 valence electrons. The first kappa shape index (κ1) is 15.0. The highest BCUT2D eigenvalue weighted by Crippen LogP contribution is 2.18. The van der Waals surface area contributed by atoms with Crippen molar-refractivity contribution in [3.8, 4) is 0 Å². The molecule has 0 radical (unpaired) electrons. The molecule has 0 spiro atoms. The Balaban J connectivity index is 1.83. The number of anilines is 1. The third kappa shape index (κ3) is 4.62. The number of hydrogen-bond acceptors (Lipinski definition) is 3. The molecule has 1 heterocycles. The maximum absolute atomic E-state index is 12.0. The van der Waals surface area contributed by atoms with Crippen molar-refractivity contribution in [3.05, 3.63) is 29.8 Å². The molecule has 0 saturated carbocycles. The van der Waals surface area contributed by atoms with Gasteiger partial charge in [0, 0.05) is 24.3 Å². The quantitative estimate of drug-likeness (QED) is 0.804. The molecule has 0 aliphatic carbocycles. The Morgan fingerprint density at radius 1 is 1.45 bits per heavy atom. The lowest BCUT2D eigenvalue weighted by molar-refractivity contribution is -0.116. The van der Waals surface area contributed by atoms with Crippen LogP contribution < -0.4 is 10.6 Å². The molecule has 1 aromatic rings. The molecule has 1 aliphatic rings. The van der Waals surface area contributed by atoms with Gasteiger partial charge in [0.15, 0.2) is 0 Å². The summed E-state index contributed by atoms with van der Waals surface area (Å²) in [5.41, 5.74) is 1.90. The molecular formula is C16H24N2O2. The fourth-order valence-electron chi connectivity index (χ4n) is 2.49. The highest BCUT2D eigenvalue weighted by molar-refractivity contribution is 5.91. The van der Waals surface area contributed by atoms with E-state index in [4.69, 9.17) is 4.74 Å². The molecule has 4 heteroatoms. The molecule has 1 aromatic carbocycles. The van der Waals surface area contributed by atoms with Crippen molar-refractivity contribution in [2.45, 2.75) is 32.8 Å². The van der Waals surface area contributed by atoms with Crippen LogP contribution in [-0.2, 0) is 16.1 Å². The molecule has 1 fully saturated rings. The number of para-hydroxylation sites is 1. The van der Waals surface area contributed by atoms with E-state index in [1.54, 1.807) is 0 Å². The first-order valence-electron chi connectivity index (χ1n) is 7.45. The van der Waals surface area contributed by atoms with Crippen molar-refractivity contribution in [1.82, 2.24) is 5.32 Å². The molecule has 0 aromatic heterocycles. The Morgan fingerprint density at radius 2 is 2.30 bits per heavy atom. The van der Waals surface area contributed by atoms with Crippen LogP contribution in [0.2, 0.25) is 0 Å². The summed E-state index contributed by atoms with van der Waals surface area (Å²) in [7, 11) is 0. The molecule has 0 bridgehead atoms. The second-order valence-corrected chi connectivity index (χ2v) is 5.24. The van der Waals surface area contributed by atoms with Crippen LogP contribution in [0.3, 0.4) is 0 Å². The van der Waals surface area contributed by atoms with E-state index in [0.29, 0.717) is 25.6 Å². The molecule has 1 saturated heterocycles. The first-order valence-corrected chi connectivity index (χ1v) is 7.45. The van der Waals surface area contributed by atoms with E-state index in [9.17, 15) is 4.79 Å². The zero-order valence-corrected chi connectivity index (χ0v) is 12.2. The summed E-state index contributed by atoms with van der Waals surface area (Å²) in [6.07, 6.45) is 2.75. The summed E-state index contributed by atoms with van der Waals surface area (Å²) in [6.45, 7) is 5.32. The van der Waals surface area contributed by atoms with E-state index in [1.165, 1.54) is 6.42 Å². The zero-order valence-electron chi connectivity index (χ0n) is 12.2. The van der Waals surface area contributed by atoms with Gasteiger partial charge in [-0.2, -0.15) is 0 Å². The van der Waals surface area contributed by atoms with Gasteiger partial charge in [-0.3, -0.25) is 4.79 Å². The lowest BCUT2D eigenvalue weighted by atomic mass is 10.0. The molecule has 20 heavy (non-hydrogen) atoms. The number of nitrogens with one attached hydrogen (secondary N) is 2. The van der Waals surface area contributed by atoms with E-state index in [0.717, 1.165) is 30.8 Å². The van der Waals surface area contributed by atoms with Crippen molar-refractivity contribution in [2.24, 2.45) is 5.92 Å². The van der Waals surface area contributed by atoms with Crippen LogP contribution in [0.4, 0.5) is 5.69 Å². The maximum Gasteiger partial charge on any atom is 0.224 e. The van der Waals surface area contributed by atoms with E-state index in [2.05, 4.69) is 10.6 Å². The van der Waals surface area contributed by atoms with Crippen LogP contribution >= 0.6 is 0 Å². The number of rotatable bonds is 7. The number of ether oxygens (including phenoxy) is 1. The first-order chi connectivity index (χ1) is 9.79. The third-order valence-corrected chi connectivity index (χ3v) is 3.70. The Labute approximate surface area is 120 Å². The number of carbonyl (C=O) groups excluding carboxylic acids is 1. The lowest BCUT2D eigenvalue weighted by Gasteiger charge is -2.12. The fraction of sp³-hybridized carbons (Fsp3) is 0.562. The highest BCUT2D eigenvalue weighted by atomic mass is 16.5. The normalized spacial score (nSPS) is 18.1. The largest absolute Gasteiger partial charge is 0.377 e. The van der Waals surface area contributed by atoms with E-state index in [1.807, 2.05) is 31.2 Å². The Morgan fingerprint density at radius 3 is 3.05 bits per heavy atom. The third-order valence-electron chi connectivity index (χ3n) is 3.70. The summed E-state index contributed by atoms with van der Waals surface area (Å²) in [4.78, 5) is 12.0. The zero-order chi connectivity index (χ0) is 14.2. The number of carbonyl (C=O) groups is 1. The average Bonchev–Trinajstić information content (AvgIpc) is 2.97. The van der Waals surface area contributed by atoms with Gasteiger partial charge in [0.2, 0.25) is 5.91 Å². The summed E-state index contributed by atoms with van der Waals surface area (Å²) >= 11 is 0. The smallest absolute Gasteiger partial charge is 0.224 e. The SMILES string of the molecule is CCOCc1ccccc1NC(=O)CCC1CCNC1. The fourth-order valence-corrected chi connectivity index (χ4v) is 2.49. The topological polar surface area (TPSA) is 50.4 Å². The van der Waals surface area contributed by atoms with Crippen LogP contribution in [0.5, 0.6) is 0 Å². The predicted molar refractivity (Wildman–Crippen MR) is 80.6 cm³/mol. The second-order valence-electron chi connectivity index (χ2n) is 5.24. The summed E-state index contributed by atoms with van der Waals surface area (Å²) in [6, 6.07) is 7.83.